The molecule has 160 valence electrons. The molecule has 3 aromatic rings. The van der Waals surface area contributed by atoms with Gasteiger partial charge in [-0.2, -0.15) is 4.98 Å². The van der Waals surface area contributed by atoms with Gasteiger partial charge in [0.15, 0.2) is 11.4 Å². The third kappa shape index (κ3) is 4.15. The Hall–Kier alpha value is -3.65. The highest BCUT2D eigenvalue weighted by molar-refractivity contribution is 5.82. The van der Waals surface area contributed by atoms with E-state index in [-0.39, 0.29) is 24.0 Å². The monoisotopic (exact) mass is 422 g/mol. The highest BCUT2D eigenvalue weighted by Gasteiger charge is 2.32. The van der Waals surface area contributed by atoms with E-state index in [9.17, 15) is 5.11 Å². The van der Waals surface area contributed by atoms with Crippen molar-refractivity contribution >= 4 is 23.1 Å². The summed E-state index contributed by atoms with van der Waals surface area (Å²) < 4.78 is 10.8. The molecule has 0 fully saturated rings. The summed E-state index contributed by atoms with van der Waals surface area (Å²) in [6.45, 7) is 3.60. The van der Waals surface area contributed by atoms with Gasteiger partial charge < -0.3 is 30.5 Å². The fourth-order valence-corrected chi connectivity index (χ4v) is 3.15. The van der Waals surface area contributed by atoms with Gasteiger partial charge in [0.1, 0.15) is 18.1 Å². The third-order valence-electron chi connectivity index (χ3n) is 4.67. The molecule has 4 rings (SSSR count). The smallest absolute Gasteiger partial charge is 0.221 e. The maximum Gasteiger partial charge on any atom is 0.221 e. The number of nitrogens with zero attached hydrogens (tertiary/aromatic N) is 4. The minimum Gasteiger partial charge on any atom is -0.388 e. The van der Waals surface area contributed by atoms with Crippen LogP contribution in [0.1, 0.15) is 30.9 Å². The highest BCUT2D eigenvalue weighted by atomic mass is 16.5. The summed E-state index contributed by atoms with van der Waals surface area (Å²) in [6, 6.07) is 8.79. The lowest BCUT2D eigenvalue weighted by Crippen LogP contribution is -2.35. The van der Waals surface area contributed by atoms with Crippen molar-refractivity contribution in [3.05, 3.63) is 53.5 Å². The molecule has 31 heavy (non-hydrogen) atoms. The van der Waals surface area contributed by atoms with E-state index in [0.29, 0.717) is 18.0 Å². The number of nitrogen functional groups attached to an aromatic ring is 1. The Morgan fingerprint density at radius 1 is 1.35 bits per heavy atom. The number of rotatable bonds is 5. The highest BCUT2D eigenvalue weighted by Crippen LogP contribution is 2.40. The molecule has 0 bridgehead atoms. The molecule has 10 heteroatoms. The molecule has 0 spiro atoms. The number of anilines is 4. The van der Waals surface area contributed by atoms with Gasteiger partial charge in [-0.05, 0) is 38.1 Å². The predicted molar refractivity (Wildman–Crippen MR) is 113 cm³/mol. The third-order valence-corrected chi connectivity index (χ3v) is 4.67. The van der Waals surface area contributed by atoms with E-state index >= 15 is 0 Å². The van der Waals surface area contributed by atoms with Crippen LogP contribution >= 0.6 is 0 Å². The van der Waals surface area contributed by atoms with Gasteiger partial charge in [0, 0.05) is 24.4 Å². The maximum absolute atomic E-state index is 10.7. The second kappa shape index (κ2) is 8.23. The van der Waals surface area contributed by atoms with E-state index in [0.717, 1.165) is 11.4 Å². The summed E-state index contributed by atoms with van der Waals surface area (Å²) in [5, 5.41) is 26.9. The molecular formula is C21H22N6O4. The van der Waals surface area contributed by atoms with Gasteiger partial charge in [0.2, 0.25) is 12.3 Å². The largest absolute Gasteiger partial charge is 0.388 e. The van der Waals surface area contributed by atoms with Crippen LogP contribution in [0, 0.1) is 11.8 Å². The molecule has 10 nitrogen and oxygen atoms in total. The first-order valence-electron chi connectivity index (χ1n) is 9.63. The van der Waals surface area contributed by atoms with Crippen molar-refractivity contribution in [1.82, 2.24) is 15.1 Å². The molecule has 2 atom stereocenters. The van der Waals surface area contributed by atoms with E-state index in [2.05, 4.69) is 32.3 Å². The zero-order valence-corrected chi connectivity index (χ0v) is 17.0. The summed E-state index contributed by atoms with van der Waals surface area (Å²) >= 11 is 0. The minimum absolute atomic E-state index is 0.156. The van der Waals surface area contributed by atoms with E-state index in [1.807, 2.05) is 30.0 Å². The van der Waals surface area contributed by atoms with E-state index in [1.165, 1.54) is 13.0 Å². The Balaban J connectivity index is 1.68. The first-order valence-corrected chi connectivity index (χ1v) is 9.63. The number of nitrogens with one attached hydrogen (secondary N) is 1. The number of fused-ring (bicyclic) bond motifs is 1. The van der Waals surface area contributed by atoms with Crippen LogP contribution < -0.4 is 16.0 Å². The Labute approximate surface area is 178 Å². The number of hydrogen-bond acceptors (Lipinski definition) is 10. The maximum atomic E-state index is 10.7. The Bertz CT molecular complexity index is 1150. The van der Waals surface area contributed by atoms with E-state index in [1.54, 1.807) is 12.3 Å². The van der Waals surface area contributed by atoms with Crippen LogP contribution in [0.25, 0.3) is 0 Å². The molecule has 1 aliphatic rings. The van der Waals surface area contributed by atoms with Crippen LogP contribution in [-0.4, -0.2) is 38.3 Å². The lowest BCUT2D eigenvalue weighted by Gasteiger charge is -2.25. The van der Waals surface area contributed by atoms with Crippen molar-refractivity contribution < 1.29 is 19.5 Å². The molecule has 0 amide bonds. The molecule has 5 N–H and O–H groups in total. The standard InChI is InChI=1S/C21H22N6O4/c1-3-30-20-24-15-5-4-13(6-8-21(2,29)17-11-14(12-28)31-26-17)10-16(15)27(20)18-7-9-23-19(22)25-18/h4-5,7,9-11,20,24,28-29H,3,12H2,1-2H3,(H2,22,23,25). The van der Waals surface area contributed by atoms with Gasteiger partial charge in [0.25, 0.3) is 0 Å². The average Bonchev–Trinajstić information content (AvgIpc) is 3.37. The van der Waals surface area contributed by atoms with Crippen LogP contribution in [0.4, 0.5) is 23.1 Å². The Morgan fingerprint density at radius 2 is 2.19 bits per heavy atom. The summed E-state index contributed by atoms with van der Waals surface area (Å²) in [6.07, 6.45) is 1.12. The summed E-state index contributed by atoms with van der Waals surface area (Å²) in [5.74, 6) is 6.76. The fourth-order valence-electron chi connectivity index (χ4n) is 3.15. The molecule has 0 aliphatic carbocycles. The number of ether oxygens (including phenoxy) is 1. The van der Waals surface area contributed by atoms with Crippen molar-refractivity contribution in [1.29, 1.82) is 0 Å². The lowest BCUT2D eigenvalue weighted by atomic mass is 10.0. The number of aromatic nitrogens is 3. The van der Waals surface area contributed by atoms with Crippen LogP contribution in [0.3, 0.4) is 0 Å². The molecule has 0 saturated carbocycles. The summed E-state index contributed by atoms with van der Waals surface area (Å²) in [4.78, 5) is 10.1. The summed E-state index contributed by atoms with van der Waals surface area (Å²) in [7, 11) is 0. The Kier molecular flexibility index (Phi) is 5.48. The van der Waals surface area contributed by atoms with Crippen molar-refractivity contribution in [2.75, 3.05) is 22.6 Å². The first-order chi connectivity index (χ1) is 14.9. The number of aliphatic hydroxyl groups excluding tert-OH is 1. The average molecular weight is 422 g/mol. The molecule has 3 heterocycles. The first kappa shape index (κ1) is 20.6. The molecule has 0 saturated heterocycles. The number of hydrogen-bond donors (Lipinski definition) is 4. The summed E-state index contributed by atoms with van der Waals surface area (Å²) in [5.41, 5.74) is 6.74. The van der Waals surface area contributed by atoms with Gasteiger partial charge in [-0.15, -0.1) is 0 Å². The van der Waals surface area contributed by atoms with Crippen molar-refractivity contribution in [3.63, 3.8) is 0 Å². The van der Waals surface area contributed by atoms with Crippen molar-refractivity contribution in [3.8, 4) is 11.8 Å². The van der Waals surface area contributed by atoms with Gasteiger partial charge >= 0.3 is 0 Å². The molecular weight excluding hydrogens is 400 g/mol. The van der Waals surface area contributed by atoms with Crippen LogP contribution in [0.15, 0.2) is 41.1 Å². The molecule has 1 aliphatic heterocycles. The van der Waals surface area contributed by atoms with E-state index < -0.39 is 12.0 Å². The molecule has 1 aromatic carbocycles. The SMILES string of the molecule is CCOC1Nc2ccc(C#CC(C)(O)c3cc(CO)on3)cc2N1c1ccnc(N)n1. The predicted octanol–water partition coefficient (Wildman–Crippen LogP) is 1.68. The molecule has 2 aromatic heterocycles. The number of aliphatic hydroxyl groups is 2. The normalized spacial score (nSPS) is 16.8. The number of benzene rings is 1. The van der Waals surface area contributed by atoms with Crippen molar-refractivity contribution in [2.24, 2.45) is 0 Å². The topological polar surface area (TPSA) is 143 Å². The number of nitrogens with two attached hydrogens (primary N) is 1. The quantitative estimate of drug-likeness (QED) is 0.448. The lowest BCUT2D eigenvalue weighted by molar-refractivity contribution is 0.0909. The van der Waals surface area contributed by atoms with Crippen LogP contribution in [-0.2, 0) is 16.9 Å². The zero-order valence-electron chi connectivity index (χ0n) is 17.0. The minimum atomic E-state index is -1.55. The van der Waals surface area contributed by atoms with E-state index in [4.69, 9.17) is 20.1 Å². The Morgan fingerprint density at radius 3 is 2.90 bits per heavy atom. The second-order valence-corrected chi connectivity index (χ2v) is 6.99. The zero-order chi connectivity index (χ0) is 22.0. The molecule has 2 unspecified atom stereocenters. The van der Waals surface area contributed by atoms with Crippen LogP contribution in [0.2, 0.25) is 0 Å². The van der Waals surface area contributed by atoms with Gasteiger partial charge in [-0.1, -0.05) is 17.0 Å². The van der Waals surface area contributed by atoms with Crippen LogP contribution in [0.5, 0.6) is 0 Å². The van der Waals surface area contributed by atoms with Gasteiger partial charge in [0.05, 0.1) is 11.4 Å². The van der Waals surface area contributed by atoms with Gasteiger partial charge in [-0.25, -0.2) is 4.98 Å². The molecule has 0 radical (unpaired) electrons. The van der Waals surface area contributed by atoms with Gasteiger partial charge in [-0.3, -0.25) is 4.90 Å². The second-order valence-electron chi connectivity index (χ2n) is 6.99. The fraction of sp³-hybridized carbons (Fsp3) is 0.286. The van der Waals surface area contributed by atoms with Crippen molar-refractivity contribution in [2.45, 2.75) is 32.4 Å².